The molecule has 0 saturated carbocycles. The highest BCUT2D eigenvalue weighted by atomic mass is 15.2. The molecule has 1 aromatic heterocycles. The molecule has 20 heavy (non-hydrogen) atoms. The van der Waals surface area contributed by atoms with Crippen LogP contribution >= 0.6 is 0 Å². The summed E-state index contributed by atoms with van der Waals surface area (Å²) in [6.07, 6.45) is 2.50. The van der Waals surface area contributed by atoms with Crippen LogP contribution in [-0.4, -0.2) is 55.1 Å². The van der Waals surface area contributed by atoms with E-state index >= 15 is 0 Å². The highest BCUT2D eigenvalue weighted by Crippen LogP contribution is 2.21. The van der Waals surface area contributed by atoms with E-state index in [9.17, 15) is 0 Å². The van der Waals surface area contributed by atoms with Gasteiger partial charge < -0.3 is 20.9 Å². The Hall–Kier alpha value is -1.56. The molecule has 0 aromatic carbocycles. The number of likely N-dealkylation sites (tertiary alicyclic amines) is 1. The molecule has 0 aliphatic carbocycles. The highest BCUT2D eigenvalue weighted by Gasteiger charge is 2.19. The molecule has 1 fully saturated rings. The first-order valence-electron chi connectivity index (χ1n) is 7.36. The van der Waals surface area contributed by atoms with Gasteiger partial charge in [0.15, 0.2) is 0 Å². The fourth-order valence-electron chi connectivity index (χ4n) is 2.65. The number of nitrogens with two attached hydrogens (primary N) is 1. The molecule has 2 rings (SSSR count). The van der Waals surface area contributed by atoms with Gasteiger partial charge in [-0.2, -0.15) is 9.97 Å². The minimum Gasteiger partial charge on any atom is -0.370 e. The number of hydrogen-bond acceptors (Lipinski definition) is 6. The smallest absolute Gasteiger partial charge is 0.223 e. The van der Waals surface area contributed by atoms with Crippen molar-refractivity contribution in [3.05, 3.63) is 6.07 Å². The highest BCUT2D eigenvalue weighted by molar-refractivity contribution is 5.52. The summed E-state index contributed by atoms with van der Waals surface area (Å²) >= 11 is 0. The zero-order valence-electron chi connectivity index (χ0n) is 12.8. The Labute approximate surface area is 121 Å². The summed E-state index contributed by atoms with van der Waals surface area (Å²) < 4.78 is 0. The third-order valence-corrected chi connectivity index (χ3v) is 3.85. The van der Waals surface area contributed by atoms with Crippen LogP contribution in [0, 0.1) is 5.92 Å². The average molecular weight is 278 g/mol. The lowest BCUT2D eigenvalue weighted by atomic mass is 9.97. The minimum absolute atomic E-state index is 0.327. The first kappa shape index (κ1) is 14.8. The first-order valence-corrected chi connectivity index (χ1v) is 7.36. The Morgan fingerprint density at radius 3 is 2.75 bits per heavy atom. The average Bonchev–Trinajstić information content (AvgIpc) is 2.41. The van der Waals surface area contributed by atoms with Crippen molar-refractivity contribution in [3.8, 4) is 0 Å². The van der Waals surface area contributed by atoms with Gasteiger partial charge in [-0.25, -0.2) is 0 Å². The number of hydrogen-bond donors (Lipinski definition) is 2. The number of nitrogens with one attached hydrogen (secondary N) is 1. The molecule has 0 atom stereocenters. The van der Waals surface area contributed by atoms with Gasteiger partial charge in [-0.3, -0.25) is 0 Å². The van der Waals surface area contributed by atoms with E-state index in [0.717, 1.165) is 30.6 Å². The van der Waals surface area contributed by atoms with Crippen LogP contribution in [0.2, 0.25) is 0 Å². The Morgan fingerprint density at radius 1 is 1.40 bits per heavy atom. The molecule has 1 saturated heterocycles. The number of nitrogen functional groups attached to an aromatic ring is 1. The van der Waals surface area contributed by atoms with Gasteiger partial charge in [0.1, 0.15) is 11.6 Å². The van der Waals surface area contributed by atoms with Gasteiger partial charge in [0.25, 0.3) is 0 Å². The molecule has 3 N–H and O–H groups in total. The summed E-state index contributed by atoms with van der Waals surface area (Å²) in [5.41, 5.74) is 5.78. The van der Waals surface area contributed by atoms with Crippen LogP contribution in [0.5, 0.6) is 0 Å². The zero-order valence-corrected chi connectivity index (χ0v) is 12.8. The van der Waals surface area contributed by atoms with Gasteiger partial charge >= 0.3 is 0 Å². The van der Waals surface area contributed by atoms with Crippen LogP contribution < -0.4 is 16.0 Å². The number of nitrogens with zero attached hydrogens (tertiary/aromatic N) is 4. The molecule has 0 unspecified atom stereocenters. The van der Waals surface area contributed by atoms with Crippen molar-refractivity contribution in [2.24, 2.45) is 5.92 Å². The summed E-state index contributed by atoms with van der Waals surface area (Å²) in [7, 11) is 4.27. The van der Waals surface area contributed by atoms with E-state index in [2.05, 4.69) is 39.2 Å². The topological polar surface area (TPSA) is 70.3 Å². The molecule has 112 valence electrons. The molecule has 0 bridgehead atoms. The van der Waals surface area contributed by atoms with Gasteiger partial charge in [0, 0.05) is 26.2 Å². The van der Waals surface area contributed by atoms with E-state index < -0.39 is 0 Å². The summed E-state index contributed by atoms with van der Waals surface area (Å²) in [5, 5.41) is 3.19. The molecule has 6 heteroatoms. The van der Waals surface area contributed by atoms with Crippen molar-refractivity contribution in [2.45, 2.75) is 19.8 Å². The van der Waals surface area contributed by atoms with Crippen molar-refractivity contribution < 1.29 is 0 Å². The third kappa shape index (κ3) is 3.96. The molecule has 1 aliphatic rings. The van der Waals surface area contributed by atoms with E-state index in [0.29, 0.717) is 5.95 Å². The Morgan fingerprint density at radius 2 is 2.10 bits per heavy atom. The van der Waals surface area contributed by atoms with Crippen LogP contribution in [0.15, 0.2) is 6.07 Å². The second kappa shape index (κ2) is 6.74. The Kier molecular flexibility index (Phi) is 5.00. The molecule has 0 amide bonds. The van der Waals surface area contributed by atoms with Crippen molar-refractivity contribution in [1.82, 2.24) is 14.9 Å². The number of piperidine rings is 1. The lowest BCUT2D eigenvalue weighted by molar-refractivity contribution is 0.222. The summed E-state index contributed by atoms with van der Waals surface area (Å²) in [4.78, 5) is 13.1. The summed E-state index contributed by atoms with van der Waals surface area (Å²) in [6.45, 7) is 6.27. The Balaban J connectivity index is 1.99. The van der Waals surface area contributed by atoms with Crippen LogP contribution in [0.3, 0.4) is 0 Å². The predicted molar refractivity (Wildman–Crippen MR) is 84.1 cm³/mol. The monoisotopic (exact) mass is 278 g/mol. The third-order valence-electron chi connectivity index (χ3n) is 3.85. The van der Waals surface area contributed by atoms with Gasteiger partial charge in [-0.15, -0.1) is 0 Å². The van der Waals surface area contributed by atoms with Gasteiger partial charge in [0.2, 0.25) is 5.95 Å². The van der Waals surface area contributed by atoms with Crippen LogP contribution in [0.25, 0.3) is 0 Å². The first-order chi connectivity index (χ1) is 9.58. The summed E-state index contributed by atoms with van der Waals surface area (Å²) in [6, 6.07) is 1.97. The maximum absolute atomic E-state index is 5.78. The zero-order chi connectivity index (χ0) is 14.5. The predicted octanol–water partition coefficient (Wildman–Crippen LogP) is 1.27. The van der Waals surface area contributed by atoms with E-state index in [1.165, 1.54) is 25.9 Å². The molecular weight excluding hydrogens is 252 g/mol. The van der Waals surface area contributed by atoms with Crippen LogP contribution in [0.4, 0.5) is 17.6 Å². The number of rotatable bonds is 5. The van der Waals surface area contributed by atoms with Crippen LogP contribution in [-0.2, 0) is 0 Å². The fourth-order valence-corrected chi connectivity index (χ4v) is 2.65. The maximum Gasteiger partial charge on any atom is 0.223 e. The second-order valence-electron chi connectivity index (χ2n) is 5.63. The standard InChI is InChI=1S/C14H26N6/c1-4-16-12-9-13(18-14(15)17-12)20(3)10-11-5-7-19(2)8-6-11/h9,11H,4-8,10H2,1-3H3,(H3,15,16,17,18). The van der Waals surface area contributed by atoms with Gasteiger partial charge in [-0.05, 0) is 45.8 Å². The summed E-state index contributed by atoms with van der Waals surface area (Å²) in [5.74, 6) is 2.75. The van der Waals surface area contributed by atoms with E-state index in [4.69, 9.17) is 5.73 Å². The van der Waals surface area contributed by atoms with Crippen molar-refractivity contribution in [2.75, 3.05) is 56.2 Å². The SMILES string of the molecule is CCNc1cc(N(C)CC2CCN(C)CC2)nc(N)n1. The molecular formula is C14H26N6. The number of anilines is 3. The second-order valence-corrected chi connectivity index (χ2v) is 5.63. The molecule has 1 aliphatic heterocycles. The van der Waals surface area contributed by atoms with Gasteiger partial charge in [0.05, 0.1) is 0 Å². The van der Waals surface area contributed by atoms with E-state index in [1.54, 1.807) is 0 Å². The molecule has 1 aromatic rings. The van der Waals surface area contributed by atoms with E-state index in [-0.39, 0.29) is 0 Å². The van der Waals surface area contributed by atoms with Gasteiger partial charge in [-0.1, -0.05) is 0 Å². The Bertz CT molecular complexity index is 428. The lowest BCUT2D eigenvalue weighted by Crippen LogP contribution is -2.36. The molecule has 0 radical (unpaired) electrons. The van der Waals surface area contributed by atoms with Crippen molar-refractivity contribution in [3.63, 3.8) is 0 Å². The lowest BCUT2D eigenvalue weighted by Gasteiger charge is -2.32. The maximum atomic E-state index is 5.78. The van der Waals surface area contributed by atoms with E-state index in [1.807, 2.05) is 13.0 Å². The fraction of sp³-hybridized carbons (Fsp3) is 0.714. The minimum atomic E-state index is 0.327. The largest absolute Gasteiger partial charge is 0.370 e. The van der Waals surface area contributed by atoms with Crippen LogP contribution in [0.1, 0.15) is 19.8 Å². The number of aromatic nitrogens is 2. The molecule has 2 heterocycles. The normalized spacial score (nSPS) is 17.1. The quantitative estimate of drug-likeness (QED) is 0.845. The van der Waals surface area contributed by atoms with Crippen molar-refractivity contribution in [1.29, 1.82) is 0 Å². The molecule has 6 nitrogen and oxygen atoms in total. The van der Waals surface area contributed by atoms with Crippen molar-refractivity contribution >= 4 is 17.6 Å². The molecule has 0 spiro atoms.